The first-order chi connectivity index (χ1) is 11.8. The van der Waals surface area contributed by atoms with Gasteiger partial charge in [-0.2, -0.15) is 0 Å². The molecule has 0 aliphatic rings. The number of halogens is 2. The van der Waals surface area contributed by atoms with Gasteiger partial charge in [-0.05, 0) is 48.9 Å². The monoisotopic (exact) mass is 402 g/mol. The summed E-state index contributed by atoms with van der Waals surface area (Å²) < 4.78 is 31.9. The summed E-state index contributed by atoms with van der Waals surface area (Å²) in [4.78, 5) is 11.4. The van der Waals surface area contributed by atoms with Crippen molar-refractivity contribution < 1.29 is 17.9 Å². The number of anilines is 1. The van der Waals surface area contributed by atoms with Gasteiger partial charge < -0.3 is 4.74 Å². The summed E-state index contributed by atoms with van der Waals surface area (Å²) >= 11 is 11.8. The van der Waals surface area contributed by atoms with Crippen molar-refractivity contribution in [1.82, 2.24) is 4.72 Å². The number of amides is 1. The van der Waals surface area contributed by atoms with Crippen molar-refractivity contribution in [2.45, 2.75) is 18.4 Å². The van der Waals surface area contributed by atoms with Crippen LogP contribution in [0.4, 0.5) is 10.5 Å². The molecule has 134 valence electrons. The number of rotatable bonds is 6. The first kappa shape index (κ1) is 19.5. The molecule has 2 aromatic rings. The number of ether oxygens (including phenoxy) is 1. The van der Waals surface area contributed by atoms with Crippen LogP contribution in [0.15, 0.2) is 47.4 Å². The van der Waals surface area contributed by atoms with Gasteiger partial charge in [-0.1, -0.05) is 29.3 Å². The highest BCUT2D eigenvalue weighted by molar-refractivity contribution is 7.89. The van der Waals surface area contributed by atoms with Gasteiger partial charge in [0.1, 0.15) is 0 Å². The third-order valence-electron chi connectivity index (χ3n) is 3.15. The summed E-state index contributed by atoms with van der Waals surface area (Å²) in [6.45, 7) is 1.96. The van der Waals surface area contributed by atoms with Crippen LogP contribution in [-0.2, 0) is 21.3 Å². The minimum atomic E-state index is -3.73. The lowest BCUT2D eigenvalue weighted by Gasteiger charge is -2.10. The first-order valence-corrected chi connectivity index (χ1v) is 9.53. The molecule has 0 aliphatic heterocycles. The summed E-state index contributed by atoms with van der Waals surface area (Å²) in [6.07, 6.45) is -0.603. The maximum absolute atomic E-state index is 12.3. The maximum atomic E-state index is 12.3. The van der Waals surface area contributed by atoms with Crippen LogP contribution in [0.1, 0.15) is 12.5 Å². The van der Waals surface area contributed by atoms with Crippen LogP contribution in [0.5, 0.6) is 0 Å². The molecule has 0 saturated heterocycles. The van der Waals surface area contributed by atoms with Crippen molar-refractivity contribution in [1.29, 1.82) is 0 Å². The Bertz CT molecular complexity index is 855. The Balaban J connectivity index is 2.05. The van der Waals surface area contributed by atoms with Crippen molar-refractivity contribution in [2.75, 3.05) is 11.9 Å². The van der Waals surface area contributed by atoms with E-state index in [2.05, 4.69) is 10.0 Å². The highest BCUT2D eigenvalue weighted by Gasteiger charge is 2.15. The third kappa shape index (κ3) is 5.61. The lowest BCUT2D eigenvalue weighted by Crippen LogP contribution is -2.23. The molecule has 0 aromatic heterocycles. The van der Waals surface area contributed by atoms with Crippen molar-refractivity contribution in [3.8, 4) is 0 Å². The molecule has 6 nitrogen and oxygen atoms in total. The molecule has 0 spiro atoms. The molecule has 0 bridgehead atoms. The van der Waals surface area contributed by atoms with Gasteiger partial charge in [0.15, 0.2) is 0 Å². The van der Waals surface area contributed by atoms with E-state index >= 15 is 0 Å². The number of carbonyl (C=O) groups excluding carboxylic acids is 1. The highest BCUT2D eigenvalue weighted by atomic mass is 35.5. The standard InChI is InChI=1S/C16H16Cl2N2O4S/c1-2-24-16(21)20-13-5-7-14(8-6-13)25(22,23)19-10-11-3-4-12(17)9-15(11)18/h3-9,19H,2,10H2,1H3,(H,20,21). The molecule has 2 N–H and O–H groups in total. The van der Waals surface area contributed by atoms with Gasteiger partial charge >= 0.3 is 6.09 Å². The number of sulfonamides is 1. The predicted octanol–water partition coefficient (Wildman–Crippen LogP) is 4.04. The molecule has 0 heterocycles. The van der Waals surface area contributed by atoms with Crippen LogP contribution in [-0.4, -0.2) is 21.1 Å². The second-order valence-electron chi connectivity index (χ2n) is 4.93. The fraction of sp³-hybridized carbons (Fsp3) is 0.188. The molecule has 0 aliphatic carbocycles. The van der Waals surface area contributed by atoms with E-state index in [4.69, 9.17) is 27.9 Å². The predicted molar refractivity (Wildman–Crippen MR) is 97.6 cm³/mol. The Morgan fingerprint density at radius 1 is 1.12 bits per heavy atom. The third-order valence-corrected chi connectivity index (χ3v) is 5.16. The second-order valence-corrected chi connectivity index (χ2v) is 7.54. The summed E-state index contributed by atoms with van der Waals surface area (Å²) in [6, 6.07) is 10.5. The van der Waals surface area contributed by atoms with Crippen LogP contribution in [0, 0.1) is 0 Å². The van der Waals surface area contributed by atoms with Crippen LogP contribution in [0.25, 0.3) is 0 Å². The maximum Gasteiger partial charge on any atom is 0.411 e. The second kappa shape index (κ2) is 8.53. The van der Waals surface area contributed by atoms with Gasteiger partial charge in [0.2, 0.25) is 10.0 Å². The minimum absolute atomic E-state index is 0.0289. The van der Waals surface area contributed by atoms with Crippen LogP contribution in [0.3, 0.4) is 0 Å². The molecule has 0 atom stereocenters. The van der Waals surface area contributed by atoms with Crippen LogP contribution < -0.4 is 10.0 Å². The summed E-state index contributed by atoms with van der Waals surface area (Å²) in [5.74, 6) is 0. The lowest BCUT2D eigenvalue weighted by atomic mass is 10.2. The topological polar surface area (TPSA) is 84.5 Å². The van der Waals surface area contributed by atoms with E-state index in [0.29, 0.717) is 21.3 Å². The minimum Gasteiger partial charge on any atom is -0.450 e. The quantitative estimate of drug-likeness (QED) is 0.763. The SMILES string of the molecule is CCOC(=O)Nc1ccc(S(=O)(=O)NCc2ccc(Cl)cc2Cl)cc1. The van der Waals surface area contributed by atoms with Gasteiger partial charge in [-0.25, -0.2) is 17.9 Å². The van der Waals surface area contributed by atoms with E-state index in [1.54, 1.807) is 25.1 Å². The first-order valence-electron chi connectivity index (χ1n) is 7.29. The smallest absolute Gasteiger partial charge is 0.411 e. The van der Waals surface area contributed by atoms with E-state index in [1.807, 2.05) is 0 Å². The van der Waals surface area contributed by atoms with E-state index in [9.17, 15) is 13.2 Å². The zero-order chi connectivity index (χ0) is 18.4. The van der Waals surface area contributed by atoms with Gasteiger partial charge in [0.05, 0.1) is 11.5 Å². The van der Waals surface area contributed by atoms with Gasteiger partial charge in [0, 0.05) is 22.3 Å². The lowest BCUT2D eigenvalue weighted by molar-refractivity contribution is 0.168. The van der Waals surface area contributed by atoms with Gasteiger partial charge in [0.25, 0.3) is 0 Å². The van der Waals surface area contributed by atoms with Crippen molar-refractivity contribution in [2.24, 2.45) is 0 Å². The van der Waals surface area contributed by atoms with E-state index in [0.717, 1.165) is 0 Å². The van der Waals surface area contributed by atoms with Crippen LogP contribution >= 0.6 is 23.2 Å². The van der Waals surface area contributed by atoms with Crippen molar-refractivity contribution in [3.05, 3.63) is 58.1 Å². The Morgan fingerprint density at radius 3 is 2.40 bits per heavy atom. The molecule has 25 heavy (non-hydrogen) atoms. The summed E-state index contributed by atoms with van der Waals surface area (Å²) in [5.41, 5.74) is 1.04. The average molecular weight is 403 g/mol. The van der Waals surface area contributed by atoms with Crippen LogP contribution in [0.2, 0.25) is 10.0 Å². The zero-order valence-electron chi connectivity index (χ0n) is 13.3. The molecule has 0 saturated carbocycles. The van der Waals surface area contributed by atoms with E-state index < -0.39 is 16.1 Å². The molecular formula is C16H16Cl2N2O4S. The molecule has 9 heteroatoms. The fourth-order valence-electron chi connectivity index (χ4n) is 1.92. The molecule has 2 rings (SSSR count). The van der Waals surface area contributed by atoms with Gasteiger partial charge in [-0.3, -0.25) is 5.32 Å². The van der Waals surface area contributed by atoms with E-state index in [1.165, 1.54) is 24.3 Å². The molecule has 0 fully saturated rings. The Kier molecular flexibility index (Phi) is 6.66. The largest absolute Gasteiger partial charge is 0.450 e. The summed E-state index contributed by atoms with van der Waals surface area (Å²) in [5, 5.41) is 3.34. The molecular weight excluding hydrogens is 387 g/mol. The number of benzene rings is 2. The molecule has 0 radical (unpaired) electrons. The van der Waals surface area contributed by atoms with Crippen molar-refractivity contribution in [3.63, 3.8) is 0 Å². The molecule has 0 unspecified atom stereocenters. The Hall–Kier alpha value is -1.80. The van der Waals surface area contributed by atoms with E-state index in [-0.39, 0.29) is 18.0 Å². The van der Waals surface area contributed by atoms with Gasteiger partial charge in [-0.15, -0.1) is 0 Å². The number of nitrogens with one attached hydrogen (secondary N) is 2. The van der Waals surface area contributed by atoms with Crippen molar-refractivity contribution >= 4 is 45.0 Å². The zero-order valence-corrected chi connectivity index (χ0v) is 15.6. The number of hydrogen-bond donors (Lipinski definition) is 2. The Morgan fingerprint density at radius 2 is 1.80 bits per heavy atom. The summed E-state index contributed by atoms with van der Waals surface area (Å²) in [7, 11) is -3.73. The fourth-order valence-corrected chi connectivity index (χ4v) is 3.41. The average Bonchev–Trinajstić information content (AvgIpc) is 2.55. The normalized spacial score (nSPS) is 11.2. The molecule has 1 amide bonds. The number of carbonyl (C=O) groups is 1. The highest BCUT2D eigenvalue weighted by Crippen LogP contribution is 2.21. The Labute approximate surface area is 156 Å². The molecule has 2 aromatic carbocycles. The number of hydrogen-bond acceptors (Lipinski definition) is 4.